The van der Waals surface area contributed by atoms with Gasteiger partial charge in [0.15, 0.2) is 0 Å². The first kappa shape index (κ1) is 16.7. The van der Waals surface area contributed by atoms with Crippen molar-refractivity contribution in [3.05, 3.63) is 46.2 Å². The van der Waals surface area contributed by atoms with Gasteiger partial charge in [0.25, 0.3) is 5.91 Å². The van der Waals surface area contributed by atoms with Gasteiger partial charge in [-0.1, -0.05) is 22.9 Å². The van der Waals surface area contributed by atoms with Gasteiger partial charge in [0.05, 0.1) is 23.1 Å². The topological polar surface area (TPSA) is 72.9 Å². The van der Waals surface area contributed by atoms with Crippen LogP contribution in [0.4, 0.5) is 0 Å². The van der Waals surface area contributed by atoms with Gasteiger partial charge in [-0.25, -0.2) is 4.68 Å². The lowest BCUT2D eigenvalue weighted by Gasteiger charge is -2.18. The van der Waals surface area contributed by atoms with Crippen molar-refractivity contribution in [3.8, 4) is 5.69 Å². The van der Waals surface area contributed by atoms with Crippen LogP contribution in [0.5, 0.6) is 0 Å². The van der Waals surface area contributed by atoms with E-state index in [9.17, 15) is 4.79 Å². The van der Waals surface area contributed by atoms with Crippen LogP contribution in [0.1, 0.15) is 36.8 Å². The van der Waals surface area contributed by atoms with E-state index in [2.05, 4.69) is 26.3 Å². The highest BCUT2D eigenvalue weighted by atomic mass is 79.9. The highest BCUT2D eigenvalue weighted by molar-refractivity contribution is 9.10. The van der Waals surface area contributed by atoms with Gasteiger partial charge in [-0.15, -0.1) is 0 Å². The minimum Gasteiger partial charge on any atom is -0.350 e. The zero-order valence-electron chi connectivity index (χ0n) is 13.1. The molecule has 1 aromatic heterocycles. The van der Waals surface area contributed by atoms with E-state index >= 15 is 0 Å². The number of nitrogens with one attached hydrogen (secondary N) is 1. The predicted octanol–water partition coefficient (Wildman–Crippen LogP) is 2.66. The second-order valence-corrected chi connectivity index (χ2v) is 6.83. The maximum absolute atomic E-state index is 12.3. The molecule has 1 heterocycles. The summed E-state index contributed by atoms with van der Waals surface area (Å²) in [6, 6.07) is 7.82. The number of hydrogen-bond donors (Lipinski definition) is 2. The summed E-state index contributed by atoms with van der Waals surface area (Å²) in [5, 5.41) is 7.22. The van der Waals surface area contributed by atoms with Crippen molar-refractivity contribution in [2.45, 2.75) is 32.7 Å². The number of nitrogens with two attached hydrogens (primary N) is 1. The van der Waals surface area contributed by atoms with Crippen LogP contribution in [0.25, 0.3) is 5.69 Å². The first-order valence-corrected chi connectivity index (χ1v) is 8.01. The zero-order valence-corrected chi connectivity index (χ0v) is 14.6. The van der Waals surface area contributed by atoms with Crippen molar-refractivity contribution in [3.63, 3.8) is 0 Å². The quantitative estimate of drug-likeness (QED) is 0.856. The molecule has 0 fully saturated rings. The molecule has 0 bridgehead atoms. The van der Waals surface area contributed by atoms with Gasteiger partial charge in [0.2, 0.25) is 0 Å². The van der Waals surface area contributed by atoms with Crippen LogP contribution in [-0.2, 0) is 6.42 Å². The van der Waals surface area contributed by atoms with E-state index in [-0.39, 0.29) is 5.91 Å². The summed E-state index contributed by atoms with van der Waals surface area (Å²) in [7, 11) is 0. The van der Waals surface area contributed by atoms with Gasteiger partial charge in [0.1, 0.15) is 0 Å². The van der Waals surface area contributed by atoms with Crippen molar-refractivity contribution in [1.82, 2.24) is 15.1 Å². The summed E-state index contributed by atoms with van der Waals surface area (Å²) >= 11 is 3.42. The number of benzene rings is 1. The van der Waals surface area contributed by atoms with E-state index < -0.39 is 5.54 Å². The Morgan fingerprint density at radius 1 is 1.36 bits per heavy atom. The molecular weight excluding hydrogens is 344 g/mol. The Bertz CT molecular complexity index is 656. The molecule has 0 spiro atoms. The number of carbonyl (C=O) groups is 1. The van der Waals surface area contributed by atoms with Crippen molar-refractivity contribution >= 4 is 21.8 Å². The van der Waals surface area contributed by atoms with E-state index in [1.165, 1.54) is 0 Å². The molecule has 0 atom stereocenters. The Balaban J connectivity index is 2.27. The lowest BCUT2D eigenvalue weighted by Crippen LogP contribution is -2.45. The molecule has 1 amide bonds. The Labute approximate surface area is 139 Å². The Morgan fingerprint density at radius 3 is 2.55 bits per heavy atom. The molecule has 3 N–H and O–H groups in total. The van der Waals surface area contributed by atoms with E-state index in [0.29, 0.717) is 18.5 Å². The van der Waals surface area contributed by atoms with Gasteiger partial charge >= 0.3 is 0 Å². The molecule has 22 heavy (non-hydrogen) atoms. The summed E-state index contributed by atoms with van der Waals surface area (Å²) in [4.78, 5) is 12.3. The lowest BCUT2D eigenvalue weighted by molar-refractivity contribution is 0.0945. The molecule has 118 valence electrons. The van der Waals surface area contributed by atoms with E-state index in [1.54, 1.807) is 10.9 Å². The van der Waals surface area contributed by atoms with Crippen LogP contribution in [0, 0.1) is 0 Å². The fourth-order valence-corrected chi connectivity index (χ4v) is 2.38. The van der Waals surface area contributed by atoms with Gasteiger partial charge in [-0.05, 0) is 44.5 Å². The van der Waals surface area contributed by atoms with Crippen molar-refractivity contribution in [1.29, 1.82) is 0 Å². The molecule has 2 aromatic rings. The average molecular weight is 365 g/mol. The van der Waals surface area contributed by atoms with Gasteiger partial charge in [0, 0.05) is 16.6 Å². The molecule has 0 aliphatic rings. The predicted molar refractivity (Wildman–Crippen MR) is 91.2 cm³/mol. The molecule has 0 radical (unpaired) electrons. The third-order valence-electron chi connectivity index (χ3n) is 3.22. The SMILES string of the molecule is CCc1c(C(=O)NCC(C)(C)N)cnn1-c1ccc(Br)cc1. The molecule has 0 saturated heterocycles. The van der Waals surface area contributed by atoms with Crippen LogP contribution >= 0.6 is 15.9 Å². The highest BCUT2D eigenvalue weighted by Crippen LogP contribution is 2.18. The molecule has 2 rings (SSSR count). The number of rotatable bonds is 5. The molecule has 5 nitrogen and oxygen atoms in total. The summed E-state index contributed by atoms with van der Waals surface area (Å²) in [5.41, 5.74) is 7.87. The van der Waals surface area contributed by atoms with Gasteiger partial charge in [-0.3, -0.25) is 4.79 Å². The van der Waals surface area contributed by atoms with Crippen molar-refractivity contribution < 1.29 is 4.79 Å². The summed E-state index contributed by atoms with van der Waals surface area (Å²) < 4.78 is 2.80. The molecule has 0 aliphatic carbocycles. The highest BCUT2D eigenvalue weighted by Gasteiger charge is 2.19. The third-order valence-corrected chi connectivity index (χ3v) is 3.75. The fraction of sp³-hybridized carbons (Fsp3) is 0.375. The van der Waals surface area contributed by atoms with Crippen LogP contribution in [0.15, 0.2) is 34.9 Å². The van der Waals surface area contributed by atoms with Crippen LogP contribution in [-0.4, -0.2) is 27.8 Å². The van der Waals surface area contributed by atoms with Gasteiger partial charge < -0.3 is 11.1 Å². The Morgan fingerprint density at radius 2 is 2.00 bits per heavy atom. The van der Waals surface area contributed by atoms with Crippen molar-refractivity contribution in [2.75, 3.05) is 6.54 Å². The minimum absolute atomic E-state index is 0.140. The second kappa shape index (κ2) is 6.62. The maximum atomic E-state index is 12.3. The molecule has 0 saturated carbocycles. The average Bonchev–Trinajstić information content (AvgIpc) is 2.88. The van der Waals surface area contributed by atoms with E-state index in [0.717, 1.165) is 15.9 Å². The first-order chi connectivity index (χ1) is 10.3. The lowest BCUT2D eigenvalue weighted by atomic mass is 10.1. The Hall–Kier alpha value is -1.66. The van der Waals surface area contributed by atoms with Gasteiger partial charge in [-0.2, -0.15) is 5.10 Å². The number of amides is 1. The number of aromatic nitrogens is 2. The second-order valence-electron chi connectivity index (χ2n) is 5.92. The number of halogens is 1. The summed E-state index contributed by atoms with van der Waals surface area (Å²) in [6.45, 7) is 6.17. The van der Waals surface area contributed by atoms with Crippen molar-refractivity contribution in [2.24, 2.45) is 5.73 Å². The van der Waals surface area contributed by atoms with Crippen LogP contribution < -0.4 is 11.1 Å². The van der Waals surface area contributed by atoms with Crippen LogP contribution in [0.3, 0.4) is 0 Å². The largest absolute Gasteiger partial charge is 0.350 e. The number of carbonyl (C=O) groups excluding carboxylic acids is 1. The smallest absolute Gasteiger partial charge is 0.254 e. The summed E-state index contributed by atoms with van der Waals surface area (Å²) in [5.74, 6) is -0.140. The molecule has 0 unspecified atom stereocenters. The first-order valence-electron chi connectivity index (χ1n) is 7.22. The standard InChI is InChI=1S/C16H21BrN4O/c1-4-14-13(15(22)19-10-16(2,3)18)9-20-21(14)12-7-5-11(17)6-8-12/h5-9H,4,10,18H2,1-3H3,(H,19,22). The monoisotopic (exact) mass is 364 g/mol. The van der Waals surface area contributed by atoms with Crippen LogP contribution in [0.2, 0.25) is 0 Å². The number of nitrogens with zero attached hydrogens (tertiary/aromatic N) is 2. The third kappa shape index (κ3) is 3.96. The van der Waals surface area contributed by atoms with E-state index in [4.69, 9.17) is 5.73 Å². The number of hydrogen-bond acceptors (Lipinski definition) is 3. The van der Waals surface area contributed by atoms with E-state index in [1.807, 2.05) is 45.0 Å². The normalized spacial score (nSPS) is 11.5. The molecular formula is C16H21BrN4O. The zero-order chi connectivity index (χ0) is 16.3. The maximum Gasteiger partial charge on any atom is 0.254 e. The fourth-order valence-electron chi connectivity index (χ4n) is 2.11. The Kier molecular flexibility index (Phi) is 5.03. The summed E-state index contributed by atoms with van der Waals surface area (Å²) in [6.07, 6.45) is 2.32. The molecule has 1 aromatic carbocycles. The molecule has 0 aliphatic heterocycles. The molecule has 6 heteroatoms. The minimum atomic E-state index is -0.441.